The van der Waals surface area contributed by atoms with Crippen molar-refractivity contribution in [1.82, 2.24) is 9.80 Å². The molecule has 2 aromatic rings. The molecule has 0 unspecified atom stereocenters. The zero-order valence-electron chi connectivity index (χ0n) is 20.7. The fourth-order valence-corrected chi connectivity index (χ4v) is 4.13. The summed E-state index contributed by atoms with van der Waals surface area (Å²) in [4.78, 5) is 41.5. The summed E-state index contributed by atoms with van der Waals surface area (Å²) < 4.78 is 25.7. The number of carbonyl (C=O) groups excluding carboxylic acids is 3. The molecule has 0 radical (unpaired) electrons. The van der Waals surface area contributed by atoms with Gasteiger partial charge in [0.2, 0.25) is 5.91 Å². The summed E-state index contributed by atoms with van der Waals surface area (Å²) in [6, 6.07) is 10.1. The van der Waals surface area contributed by atoms with Gasteiger partial charge in [0, 0.05) is 51.8 Å². The van der Waals surface area contributed by atoms with Crippen LogP contribution < -0.4 is 10.1 Å². The summed E-state index contributed by atoms with van der Waals surface area (Å²) in [6.07, 6.45) is -0.277. The molecule has 1 heterocycles. The van der Waals surface area contributed by atoms with E-state index < -0.39 is 11.7 Å². The number of halogens is 1. The Balaban J connectivity index is 1.95. The zero-order valence-corrected chi connectivity index (χ0v) is 20.7. The summed E-state index contributed by atoms with van der Waals surface area (Å²) in [5.41, 5.74) is 0.558. The Labute approximate surface area is 205 Å². The monoisotopic (exact) mass is 485 g/mol. The second kappa shape index (κ2) is 11.3. The second-order valence-electron chi connectivity index (χ2n) is 8.91. The average Bonchev–Trinajstić information content (AvgIpc) is 2.83. The molecule has 188 valence electrons. The van der Waals surface area contributed by atoms with Crippen LogP contribution in [0.1, 0.15) is 41.5 Å². The van der Waals surface area contributed by atoms with E-state index in [1.165, 1.54) is 31.2 Å². The Hall–Kier alpha value is -3.46. The summed E-state index contributed by atoms with van der Waals surface area (Å²) >= 11 is 0. The predicted molar refractivity (Wildman–Crippen MR) is 130 cm³/mol. The number of anilines is 1. The summed E-state index contributed by atoms with van der Waals surface area (Å²) in [7, 11) is 3.27. The highest BCUT2D eigenvalue weighted by molar-refractivity contribution is 6.05. The fourth-order valence-electron chi connectivity index (χ4n) is 4.13. The maximum Gasteiger partial charge on any atom is 0.258 e. The zero-order chi connectivity index (χ0) is 25.7. The molecule has 0 spiro atoms. The minimum absolute atomic E-state index is 0.0172. The maximum absolute atomic E-state index is 14.0. The number of methoxy groups -OCH3 is 1. The van der Waals surface area contributed by atoms with Gasteiger partial charge >= 0.3 is 0 Å². The van der Waals surface area contributed by atoms with E-state index in [0.29, 0.717) is 24.3 Å². The van der Waals surface area contributed by atoms with Gasteiger partial charge in [-0.15, -0.1) is 0 Å². The third-order valence-electron chi connectivity index (χ3n) is 6.23. The number of hydrogen-bond acceptors (Lipinski definition) is 5. The van der Waals surface area contributed by atoms with Crippen molar-refractivity contribution < 1.29 is 28.2 Å². The topological polar surface area (TPSA) is 88.2 Å². The van der Waals surface area contributed by atoms with Crippen molar-refractivity contribution in [1.29, 1.82) is 0 Å². The molecule has 1 N–H and O–H groups in total. The summed E-state index contributed by atoms with van der Waals surface area (Å²) in [6.45, 7) is 6.28. The standard InChI is InChI=1S/C26H32FN3O5/c1-16-13-30(18(3)31)17(2)15-35-23-12-19(28-25(32)20-8-6-7-9-22(20)27)10-11-21(23)26(33)29(4)14-24(16)34-5/h6-12,16-17,24H,13-15H2,1-5H3,(H,28,32)/t16-,17+,24-/m1/s1. The van der Waals surface area contributed by atoms with Crippen molar-refractivity contribution >= 4 is 23.4 Å². The van der Waals surface area contributed by atoms with Crippen molar-refractivity contribution in [2.75, 3.05) is 39.2 Å². The molecule has 8 nitrogen and oxygen atoms in total. The van der Waals surface area contributed by atoms with E-state index in [2.05, 4.69) is 5.32 Å². The number of benzene rings is 2. The lowest BCUT2D eigenvalue weighted by Crippen LogP contribution is -2.48. The first kappa shape index (κ1) is 26.2. The Morgan fingerprint density at radius 3 is 2.51 bits per heavy atom. The van der Waals surface area contributed by atoms with Crippen molar-refractivity contribution in [2.24, 2.45) is 5.92 Å². The normalized spacial score (nSPS) is 21.3. The Morgan fingerprint density at radius 2 is 1.86 bits per heavy atom. The number of nitrogens with one attached hydrogen (secondary N) is 1. The number of amides is 3. The molecular weight excluding hydrogens is 453 g/mol. The first-order chi connectivity index (χ1) is 16.6. The van der Waals surface area contributed by atoms with E-state index in [1.54, 1.807) is 42.2 Å². The number of hydrogen-bond donors (Lipinski definition) is 1. The SMILES string of the molecule is CO[C@@H]1CN(C)C(=O)c2ccc(NC(=O)c3ccccc3F)cc2OC[C@H](C)N(C(C)=O)C[C@H]1C. The van der Waals surface area contributed by atoms with Gasteiger partial charge in [0.25, 0.3) is 11.8 Å². The third kappa shape index (κ3) is 6.16. The molecule has 0 saturated carbocycles. The highest BCUT2D eigenvalue weighted by atomic mass is 19.1. The lowest BCUT2D eigenvalue weighted by atomic mass is 10.0. The van der Waals surface area contributed by atoms with Gasteiger partial charge in [0.1, 0.15) is 18.2 Å². The molecule has 9 heteroatoms. The van der Waals surface area contributed by atoms with Crippen LogP contribution in [-0.2, 0) is 9.53 Å². The molecule has 0 fully saturated rings. The van der Waals surface area contributed by atoms with E-state index in [9.17, 15) is 18.8 Å². The van der Waals surface area contributed by atoms with Crippen LogP contribution in [0.25, 0.3) is 0 Å². The number of rotatable bonds is 3. The molecule has 35 heavy (non-hydrogen) atoms. The average molecular weight is 486 g/mol. The quantitative estimate of drug-likeness (QED) is 0.720. The van der Waals surface area contributed by atoms with E-state index in [4.69, 9.17) is 9.47 Å². The molecule has 0 saturated heterocycles. The van der Waals surface area contributed by atoms with Crippen LogP contribution in [0.4, 0.5) is 10.1 Å². The Kier molecular flexibility index (Phi) is 8.45. The highest BCUT2D eigenvalue weighted by Crippen LogP contribution is 2.27. The number of likely N-dealkylation sites (N-methyl/N-ethyl adjacent to an activating group) is 1. The van der Waals surface area contributed by atoms with E-state index in [1.807, 2.05) is 13.8 Å². The molecule has 0 aliphatic carbocycles. The number of nitrogens with zero attached hydrogens (tertiary/aromatic N) is 2. The van der Waals surface area contributed by atoms with Crippen LogP contribution >= 0.6 is 0 Å². The second-order valence-corrected chi connectivity index (χ2v) is 8.91. The van der Waals surface area contributed by atoms with Crippen LogP contribution in [0.15, 0.2) is 42.5 Å². The van der Waals surface area contributed by atoms with Crippen LogP contribution in [0.3, 0.4) is 0 Å². The minimum Gasteiger partial charge on any atom is -0.491 e. The number of ether oxygens (including phenoxy) is 2. The van der Waals surface area contributed by atoms with Crippen molar-refractivity contribution in [2.45, 2.75) is 32.9 Å². The van der Waals surface area contributed by atoms with Gasteiger partial charge in [-0.05, 0) is 31.2 Å². The largest absolute Gasteiger partial charge is 0.491 e. The van der Waals surface area contributed by atoms with Gasteiger partial charge in [-0.3, -0.25) is 14.4 Å². The van der Waals surface area contributed by atoms with E-state index >= 15 is 0 Å². The molecule has 3 amide bonds. The first-order valence-corrected chi connectivity index (χ1v) is 11.5. The number of carbonyl (C=O) groups is 3. The van der Waals surface area contributed by atoms with Gasteiger partial charge in [-0.25, -0.2) is 4.39 Å². The highest BCUT2D eigenvalue weighted by Gasteiger charge is 2.29. The Morgan fingerprint density at radius 1 is 1.14 bits per heavy atom. The summed E-state index contributed by atoms with van der Waals surface area (Å²) in [5.74, 6) is -1.37. The van der Waals surface area contributed by atoms with Crippen LogP contribution in [0, 0.1) is 11.7 Å². The van der Waals surface area contributed by atoms with Gasteiger partial charge in [0.15, 0.2) is 0 Å². The Bertz CT molecular complexity index is 1090. The molecule has 0 bridgehead atoms. The van der Waals surface area contributed by atoms with Crippen molar-refractivity contribution in [3.8, 4) is 5.75 Å². The van der Waals surface area contributed by atoms with Crippen molar-refractivity contribution in [3.63, 3.8) is 0 Å². The molecule has 1 aliphatic heterocycles. The molecule has 2 aromatic carbocycles. The van der Waals surface area contributed by atoms with Gasteiger partial charge in [0.05, 0.1) is 23.3 Å². The molecule has 3 atom stereocenters. The van der Waals surface area contributed by atoms with Crippen LogP contribution in [-0.4, -0.2) is 73.5 Å². The fraction of sp³-hybridized carbons (Fsp3) is 0.423. The molecule has 1 aliphatic rings. The van der Waals surface area contributed by atoms with Gasteiger partial charge in [-0.2, -0.15) is 0 Å². The maximum atomic E-state index is 14.0. The van der Waals surface area contributed by atoms with Crippen LogP contribution in [0.5, 0.6) is 5.75 Å². The molecular formula is C26H32FN3O5. The minimum atomic E-state index is -0.635. The molecule has 3 rings (SSSR count). The van der Waals surface area contributed by atoms with Crippen LogP contribution in [0.2, 0.25) is 0 Å². The first-order valence-electron chi connectivity index (χ1n) is 11.5. The third-order valence-corrected chi connectivity index (χ3v) is 6.23. The van der Waals surface area contributed by atoms with E-state index in [0.717, 1.165) is 0 Å². The summed E-state index contributed by atoms with van der Waals surface area (Å²) in [5, 5.41) is 2.65. The lowest BCUT2D eigenvalue weighted by Gasteiger charge is -2.35. The van der Waals surface area contributed by atoms with E-state index in [-0.39, 0.29) is 47.8 Å². The van der Waals surface area contributed by atoms with Crippen molar-refractivity contribution in [3.05, 3.63) is 59.4 Å². The van der Waals surface area contributed by atoms with Gasteiger partial charge in [-0.1, -0.05) is 19.1 Å². The predicted octanol–water partition coefficient (Wildman–Crippen LogP) is 3.43. The smallest absolute Gasteiger partial charge is 0.258 e. The lowest BCUT2D eigenvalue weighted by molar-refractivity contribution is -0.133. The molecule has 0 aromatic heterocycles. The van der Waals surface area contributed by atoms with Gasteiger partial charge < -0.3 is 24.6 Å². The number of fused-ring (bicyclic) bond motifs is 1.